The Bertz CT molecular complexity index is 803. The Balaban J connectivity index is 1.56. The third kappa shape index (κ3) is 4.23. The highest BCUT2D eigenvalue weighted by atomic mass is 16.5. The zero-order valence-corrected chi connectivity index (χ0v) is 13.9. The van der Waals surface area contributed by atoms with Gasteiger partial charge >= 0.3 is 5.97 Å². The van der Waals surface area contributed by atoms with Crippen molar-refractivity contribution in [2.24, 2.45) is 5.92 Å². The maximum Gasteiger partial charge on any atom is 0.306 e. The summed E-state index contributed by atoms with van der Waals surface area (Å²) in [7, 11) is 0. The molecule has 24 heavy (non-hydrogen) atoms. The summed E-state index contributed by atoms with van der Waals surface area (Å²) in [6.45, 7) is 2.45. The van der Waals surface area contributed by atoms with Crippen LogP contribution >= 0.6 is 0 Å². The first kappa shape index (κ1) is 16.3. The fourth-order valence-corrected chi connectivity index (χ4v) is 3.00. The summed E-state index contributed by atoms with van der Waals surface area (Å²) in [4.78, 5) is 12.1. The Morgan fingerprint density at radius 2 is 1.62 bits per heavy atom. The van der Waals surface area contributed by atoms with E-state index in [2.05, 4.69) is 49.4 Å². The Labute approximate surface area is 143 Å². The van der Waals surface area contributed by atoms with E-state index >= 15 is 0 Å². The highest BCUT2D eigenvalue weighted by Crippen LogP contribution is 2.22. The first-order valence-corrected chi connectivity index (χ1v) is 8.38. The lowest BCUT2D eigenvalue weighted by Crippen LogP contribution is -2.11. The van der Waals surface area contributed by atoms with Gasteiger partial charge in [0.15, 0.2) is 0 Å². The molecule has 0 bridgehead atoms. The van der Waals surface area contributed by atoms with Gasteiger partial charge in [0.1, 0.15) is 6.61 Å². The van der Waals surface area contributed by atoms with Crippen LogP contribution in [0.15, 0.2) is 72.8 Å². The number of carbonyl (C=O) groups is 1. The number of fused-ring (bicyclic) bond motifs is 1. The summed E-state index contributed by atoms with van der Waals surface area (Å²) in [5.74, 6) is 0.116. The predicted molar refractivity (Wildman–Crippen MR) is 97.7 cm³/mol. The molecule has 122 valence electrons. The first-order valence-electron chi connectivity index (χ1n) is 8.38. The van der Waals surface area contributed by atoms with E-state index in [1.165, 1.54) is 16.3 Å². The molecule has 3 rings (SSSR count). The van der Waals surface area contributed by atoms with Gasteiger partial charge in [-0.05, 0) is 34.2 Å². The van der Waals surface area contributed by atoms with Gasteiger partial charge < -0.3 is 4.74 Å². The fourth-order valence-electron chi connectivity index (χ4n) is 3.00. The third-order valence-corrected chi connectivity index (χ3v) is 4.21. The van der Waals surface area contributed by atoms with Gasteiger partial charge in [0.2, 0.25) is 0 Å². The largest absolute Gasteiger partial charge is 0.461 e. The predicted octanol–water partition coefficient (Wildman–Crippen LogP) is 5.15. The molecule has 3 aromatic rings. The number of hydrogen-bond acceptors (Lipinski definition) is 2. The summed E-state index contributed by atoms with van der Waals surface area (Å²) in [6, 6.07) is 24.5. The van der Waals surface area contributed by atoms with Gasteiger partial charge in [0, 0.05) is 6.42 Å². The smallest absolute Gasteiger partial charge is 0.306 e. The minimum atomic E-state index is -0.133. The van der Waals surface area contributed by atoms with Gasteiger partial charge in [0.05, 0.1) is 0 Å². The zero-order valence-electron chi connectivity index (χ0n) is 13.9. The van der Waals surface area contributed by atoms with Crippen LogP contribution in [0.2, 0.25) is 0 Å². The molecule has 0 saturated heterocycles. The van der Waals surface area contributed by atoms with E-state index in [1.54, 1.807) is 0 Å². The van der Waals surface area contributed by atoms with Crippen LogP contribution in [0.4, 0.5) is 0 Å². The van der Waals surface area contributed by atoms with E-state index in [4.69, 9.17) is 4.74 Å². The molecule has 0 N–H and O–H groups in total. The van der Waals surface area contributed by atoms with Crippen LogP contribution in [0.25, 0.3) is 10.8 Å². The van der Waals surface area contributed by atoms with E-state index in [-0.39, 0.29) is 11.9 Å². The SMILES string of the molecule is CC(CC(=O)OCc1ccccc1)Cc1cccc2ccccc12. The number of esters is 1. The van der Waals surface area contributed by atoms with Gasteiger partial charge in [0.25, 0.3) is 0 Å². The Hall–Kier alpha value is -2.61. The van der Waals surface area contributed by atoms with Crippen LogP contribution in [0.1, 0.15) is 24.5 Å². The summed E-state index contributed by atoms with van der Waals surface area (Å²) in [6.07, 6.45) is 1.32. The molecule has 0 amide bonds. The second-order valence-corrected chi connectivity index (χ2v) is 6.30. The summed E-state index contributed by atoms with van der Waals surface area (Å²) >= 11 is 0. The molecule has 0 saturated carbocycles. The molecule has 2 heteroatoms. The number of rotatable bonds is 6. The number of hydrogen-bond donors (Lipinski definition) is 0. The quantitative estimate of drug-likeness (QED) is 0.587. The molecular weight excluding hydrogens is 296 g/mol. The maximum atomic E-state index is 12.1. The van der Waals surface area contributed by atoms with Crippen molar-refractivity contribution >= 4 is 16.7 Å². The third-order valence-electron chi connectivity index (χ3n) is 4.21. The van der Waals surface area contributed by atoms with Crippen molar-refractivity contribution in [3.05, 3.63) is 83.9 Å². The summed E-state index contributed by atoms with van der Waals surface area (Å²) in [5, 5.41) is 2.51. The monoisotopic (exact) mass is 318 g/mol. The molecular formula is C22H22O2. The normalized spacial score (nSPS) is 12.0. The van der Waals surface area contributed by atoms with E-state index in [0.29, 0.717) is 13.0 Å². The average Bonchev–Trinajstić information content (AvgIpc) is 2.61. The number of ether oxygens (including phenoxy) is 1. The second kappa shape index (κ2) is 7.78. The lowest BCUT2D eigenvalue weighted by molar-refractivity contribution is -0.145. The molecule has 0 spiro atoms. The lowest BCUT2D eigenvalue weighted by Gasteiger charge is -2.13. The van der Waals surface area contributed by atoms with E-state index in [1.807, 2.05) is 30.3 Å². The van der Waals surface area contributed by atoms with Crippen LogP contribution in [-0.4, -0.2) is 5.97 Å². The van der Waals surface area contributed by atoms with Gasteiger partial charge in [-0.1, -0.05) is 79.7 Å². The highest BCUT2D eigenvalue weighted by molar-refractivity contribution is 5.85. The molecule has 0 aliphatic heterocycles. The van der Waals surface area contributed by atoms with Crippen molar-refractivity contribution in [2.75, 3.05) is 0 Å². The number of carbonyl (C=O) groups excluding carboxylic acids is 1. The van der Waals surface area contributed by atoms with E-state index in [9.17, 15) is 4.79 Å². The Morgan fingerprint density at radius 3 is 2.46 bits per heavy atom. The zero-order chi connectivity index (χ0) is 16.8. The van der Waals surface area contributed by atoms with Gasteiger partial charge in [-0.2, -0.15) is 0 Å². The first-order chi connectivity index (χ1) is 11.7. The van der Waals surface area contributed by atoms with Crippen molar-refractivity contribution in [3.8, 4) is 0 Å². The summed E-state index contributed by atoms with van der Waals surface area (Å²) in [5.41, 5.74) is 2.31. The van der Waals surface area contributed by atoms with Gasteiger partial charge in [-0.15, -0.1) is 0 Å². The maximum absolute atomic E-state index is 12.1. The molecule has 1 unspecified atom stereocenters. The van der Waals surface area contributed by atoms with Crippen molar-refractivity contribution in [1.29, 1.82) is 0 Å². The molecule has 1 atom stereocenters. The summed E-state index contributed by atoms with van der Waals surface area (Å²) < 4.78 is 5.38. The van der Waals surface area contributed by atoms with Crippen LogP contribution in [0.5, 0.6) is 0 Å². The molecule has 2 nitrogen and oxygen atoms in total. The molecule has 0 fully saturated rings. The molecule has 0 radical (unpaired) electrons. The molecule has 0 aliphatic rings. The molecule has 3 aromatic carbocycles. The van der Waals surface area contributed by atoms with Crippen molar-refractivity contribution < 1.29 is 9.53 Å². The van der Waals surface area contributed by atoms with Crippen LogP contribution in [0, 0.1) is 5.92 Å². The lowest BCUT2D eigenvalue weighted by atomic mass is 9.94. The molecule has 0 aliphatic carbocycles. The Kier molecular flexibility index (Phi) is 5.27. The van der Waals surface area contributed by atoms with Gasteiger partial charge in [-0.25, -0.2) is 0 Å². The highest BCUT2D eigenvalue weighted by Gasteiger charge is 2.12. The van der Waals surface area contributed by atoms with Crippen molar-refractivity contribution in [1.82, 2.24) is 0 Å². The van der Waals surface area contributed by atoms with Crippen molar-refractivity contribution in [2.45, 2.75) is 26.4 Å². The number of benzene rings is 3. The van der Waals surface area contributed by atoms with Crippen molar-refractivity contribution in [3.63, 3.8) is 0 Å². The topological polar surface area (TPSA) is 26.3 Å². The molecule has 0 heterocycles. The second-order valence-electron chi connectivity index (χ2n) is 6.30. The van der Waals surface area contributed by atoms with E-state index < -0.39 is 0 Å². The Morgan fingerprint density at radius 1 is 0.917 bits per heavy atom. The molecule has 0 aromatic heterocycles. The standard InChI is InChI=1S/C22H22O2/c1-17(15-22(23)24-16-18-8-3-2-4-9-18)14-20-12-7-11-19-10-5-6-13-21(19)20/h2-13,17H,14-16H2,1H3. The minimum absolute atomic E-state index is 0.133. The fraction of sp³-hybridized carbons (Fsp3) is 0.227. The van der Waals surface area contributed by atoms with Gasteiger partial charge in [-0.3, -0.25) is 4.79 Å². The minimum Gasteiger partial charge on any atom is -0.461 e. The van der Waals surface area contributed by atoms with Crippen LogP contribution < -0.4 is 0 Å². The van der Waals surface area contributed by atoms with E-state index in [0.717, 1.165) is 12.0 Å². The van der Waals surface area contributed by atoms with Crippen LogP contribution in [0.3, 0.4) is 0 Å². The average molecular weight is 318 g/mol. The van der Waals surface area contributed by atoms with Crippen LogP contribution in [-0.2, 0) is 22.6 Å².